The van der Waals surface area contributed by atoms with Crippen molar-refractivity contribution in [3.05, 3.63) is 17.6 Å². The van der Waals surface area contributed by atoms with Gasteiger partial charge in [-0.3, -0.25) is 0 Å². The number of hydrogen-bond acceptors (Lipinski definition) is 3. The summed E-state index contributed by atoms with van der Waals surface area (Å²) in [6.07, 6.45) is 2.00. The van der Waals surface area contributed by atoms with Gasteiger partial charge in [0.15, 0.2) is 0 Å². The molecular weight excluding hydrogens is 186 g/mol. The van der Waals surface area contributed by atoms with Gasteiger partial charge < -0.3 is 5.32 Å². The molecule has 0 unspecified atom stereocenters. The molecule has 0 radical (unpaired) electrons. The van der Waals surface area contributed by atoms with Gasteiger partial charge >= 0.3 is 0 Å². The Kier molecular flexibility index (Phi) is 4.53. The van der Waals surface area contributed by atoms with Crippen LogP contribution in [0.2, 0.25) is 0 Å². The number of nitrogens with zero attached hydrogens (tertiary/aromatic N) is 2. The first-order valence-corrected chi connectivity index (χ1v) is 5.79. The van der Waals surface area contributed by atoms with E-state index < -0.39 is 0 Å². The minimum Gasteiger partial charge on any atom is -0.370 e. The van der Waals surface area contributed by atoms with E-state index in [9.17, 15) is 0 Å². The lowest BCUT2D eigenvalue weighted by Gasteiger charge is -2.10. The van der Waals surface area contributed by atoms with E-state index in [-0.39, 0.29) is 0 Å². The van der Waals surface area contributed by atoms with E-state index in [1.54, 1.807) is 0 Å². The summed E-state index contributed by atoms with van der Waals surface area (Å²) in [5.74, 6) is 2.35. The van der Waals surface area contributed by atoms with Crippen molar-refractivity contribution in [1.29, 1.82) is 0 Å². The Morgan fingerprint density at radius 1 is 1.27 bits per heavy atom. The van der Waals surface area contributed by atoms with Crippen LogP contribution in [-0.4, -0.2) is 16.5 Å². The predicted molar refractivity (Wildman–Crippen MR) is 64.3 cm³/mol. The highest BCUT2D eigenvalue weighted by Gasteiger charge is 2.06. The van der Waals surface area contributed by atoms with Gasteiger partial charge in [0.1, 0.15) is 11.6 Å². The van der Waals surface area contributed by atoms with Crippen molar-refractivity contribution in [2.45, 2.75) is 46.5 Å². The zero-order valence-corrected chi connectivity index (χ0v) is 10.2. The van der Waals surface area contributed by atoms with E-state index in [4.69, 9.17) is 0 Å². The van der Waals surface area contributed by atoms with Gasteiger partial charge in [0, 0.05) is 24.7 Å². The first-order chi connectivity index (χ1) is 7.17. The molecule has 1 N–H and O–H groups in total. The minimum atomic E-state index is 0.459. The van der Waals surface area contributed by atoms with Gasteiger partial charge in [-0.15, -0.1) is 0 Å². The zero-order valence-electron chi connectivity index (χ0n) is 10.2. The summed E-state index contributed by atoms with van der Waals surface area (Å²) >= 11 is 0. The Balaban J connectivity index is 2.90. The van der Waals surface area contributed by atoms with Crippen LogP contribution in [0.5, 0.6) is 0 Å². The van der Waals surface area contributed by atoms with E-state index in [0.717, 1.165) is 36.7 Å². The average molecular weight is 207 g/mol. The van der Waals surface area contributed by atoms with Crippen LogP contribution in [0.15, 0.2) is 6.07 Å². The monoisotopic (exact) mass is 207 g/mol. The molecule has 1 aromatic heterocycles. The van der Waals surface area contributed by atoms with Crippen molar-refractivity contribution in [2.24, 2.45) is 0 Å². The van der Waals surface area contributed by atoms with E-state index >= 15 is 0 Å². The summed E-state index contributed by atoms with van der Waals surface area (Å²) in [6, 6.07) is 2.06. The molecule has 0 spiro atoms. The fourth-order valence-electron chi connectivity index (χ4n) is 1.32. The van der Waals surface area contributed by atoms with Crippen LogP contribution in [0.25, 0.3) is 0 Å². The largest absolute Gasteiger partial charge is 0.370 e. The van der Waals surface area contributed by atoms with Crippen molar-refractivity contribution in [2.75, 3.05) is 11.9 Å². The molecule has 1 heterocycles. The van der Waals surface area contributed by atoms with E-state index in [2.05, 4.69) is 49.0 Å². The smallest absolute Gasteiger partial charge is 0.130 e. The first-order valence-electron chi connectivity index (χ1n) is 5.79. The number of aromatic nitrogens is 2. The van der Waals surface area contributed by atoms with Crippen molar-refractivity contribution < 1.29 is 0 Å². The molecule has 0 atom stereocenters. The molecule has 0 fully saturated rings. The highest BCUT2D eigenvalue weighted by molar-refractivity contribution is 5.36. The maximum absolute atomic E-state index is 4.51. The maximum Gasteiger partial charge on any atom is 0.130 e. The lowest BCUT2D eigenvalue weighted by Crippen LogP contribution is -2.07. The number of anilines is 1. The molecule has 0 saturated heterocycles. The third-order valence-electron chi connectivity index (χ3n) is 2.26. The van der Waals surface area contributed by atoms with Crippen LogP contribution in [0.1, 0.15) is 51.6 Å². The molecule has 0 aliphatic rings. The van der Waals surface area contributed by atoms with E-state index in [0.29, 0.717) is 5.92 Å². The van der Waals surface area contributed by atoms with Gasteiger partial charge in [0.05, 0.1) is 0 Å². The molecule has 1 aromatic rings. The normalized spacial score (nSPS) is 10.7. The topological polar surface area (TPSA) is 37.8 Å². The van der Waals surface area contributed by atoms with Crippen LogP contribution in [0.3, 0.4) is 0 Å². The van der Waals surface area contributed by atoms with Gasteiger partial charge in [-0.2, -0.15) is 0 Å². The van der Waals surface area contributed by atoms with Gasteiger partial charge in [-0.25, -0.2) is 9.97 Å². The van der Waals surface area contributed by atoms with Crippen LogP contribution in [0.4, 0.5) is 5.82 Å². The molecule has 84 valence electrons. The maximum atomic E-state index is 4.51. The first kappa shape index (κ1) is 12.0. The summed E-state index contributed by atoms with van der Waals surface area (Å²) in [5.41, 5.74) is 1.13. The van der Waals surface area contributed by atoms with E-state index in [1.807, 2.05) is 0 Å². The molecule has 0 bridgehead atoms. The Labute approximate surface area is 92.3 Å². The Morgan fingerprint density at radius 2 is 2.00 bits per heavy atom. The summed E-state index contributed by atoms with van der Waals surface area (Å²) in [6.45, 7) is 9.52. The average Bonchev–Trinajstić information content (AvgIpc) is 2.25. The number of aryl methyl sites for hydroxylation is 1. The van der Waals surface area contributed by atoms with Crippen LogP contribution >= 0.6 is 0 Å². The van der Waals surface area contributed by atoms with Gasteiger partial charge in [0.2, 0.25) is 0 Å². The van der Waals surface area contributed by atoms with Gasteiger partial charge in [-0.1, -0.05) is 27.7 Å². The molecule has 3 heteroatoms. The van der Waals surface area contributed by atoms with E-state index in [1.165, 1.54) is 0 Å². The third kappa shape index (κ3) is 3.50. The fourth-order valence-corrected chi connectivity index (χ4v) is 1.32. The summed E-state index contributed by atoms with van der Waals surface area (Å²) in [7, 11) is 0. The lowest BCUT2D eigenvalue weighted by molar-refractivity contribution is 0.786. The van der Waals surface area contributed by atoms with Gasteiger partial charge in [-0.05, 0) is 12.3 Å². The minimum absolute atomic E-state index is 0.459. The molecular formula is C12H21N3. The summed E-state index contributed by atoms with van der Waals surface area (Å²) in [5, 5.41) is 3.31. The third-order valence-corrected chi connectivity index (χ3v) is 2.26. The molecule has 3 nitrogen and oxygen atoms in total. The lowest BCUT2D eigenvalue weighted by atomic mass is 10.1. The van der Waals surface area contributed by atoms with Crippen molar-refractivity contribution in [1.82, 2.24) is 9.97 Å². The van der Waals surface area contributed by atoms with Crippen molar-refractivity contribution in [3.63, 3.8) is 0 Å². The Hall–Kier alpha value is -1.12. The standard InChI is InChI=1S/C12H21N3/c1-5-7-13-12-8-10(9(3)4)14-11(6-2)15-12/h8-9H,5-7H2,1-4H3,(H,13,14,15). The second-order valence-corrected chi connectivity index (χ2v) is 4.03. The Bertz CT molecular complexity index is 308. The van der Waals surface area contributed by atoms with Crippen LogP contribution < -0.4 is 5.32 Å². The molecule has 15 heavy (non-hydrogen) atoms. The summed E-state index contributed by atoms with van der Waals surface area (Å²) in [4.78, 5) is 8.96. The van der Waals surface area contributed by atoms with Crippen LogP contribution in [-0.2, 0) is 6.42 Å². The number of hydrogen-bond donors (Lipinski definition) is 1. The molecule has 0 aliphatic carbocycles. The summed E-state index contributed by atoms with van der Waals surface area (Å²) < 4.78 is 0. The number of nitrogens with one attached hydrogen (secondary N) is 1. The quantitative estimate of drug-likeness (QED) is 0.806. The predicted octanol–water partition coefficient (Wildman–Crippen LogP) is 2.98. The van der Waals surface area contributed by atoms with Gasteiger partial charge in [0.25, 0.3) is 0 Å². The highest BCUT2D eigenvalue weighted by Crippen LogP contribution is 2.15. The molecule has 1 rings (SSSR count). The molecule has 0 aliphatic heterocycles. The second kappa shape index (κ2) is 5.69. The second-order valence-electron chi connectivity index (χ2n) is 4.03. The SMILES string of the molecule is CCCNc1cc(C(C)C)nc(CC)n1. The molecule has 0 amide bonds. The van der Waals surface area contributed by atoms with Crippen molar-refractivity contribution in [3.8, 4) is 0 Å². The van der Waals surface area contributed by atoms with Crippen LogP contribution in [0, 0.1) is 0 Å². The van der Waals surface area contributed by atoms with Crippen molar-refractivity contribution >= 4 is 5.82 Å². The molecule has 0 saturated carbocycles. The fraction of sp³-hybridized carbons (Fsp3) is 0.667. The molecule has 0 aromatic carbocycles. The number of rotatable bonds is 5. The zero-order chi connectivity index (χ0) is 11.3. The Morgan fingerprint density at radius 3 is 2.53 bits per heavy atom. The highest BCUT2D eigenvalue weighted by atomic mass is 15.0.